The van der Waals surface area contributed by atoms with Crippen LogP contribution in [0.2, 0.25) is 0 Å². The van der Waals surface area contributed by atoms with Gasteiger partial charge in [0.25, 0.3) is 5.91 Å². The Morgan fingerprint density at radius 2 is 1.71 bits per heavy atom. The summed E-state index contributed by atoms with van der Waals surface area (Å²) in [4.78, 5) is 69.9. The monoisotopic (exact) mass is 590 g/mol. The van der Waals surface area contributed by atoms with E-state index in [4.69, 9.17) is 4.74 Å². The van der Waals surface area contributed by atoms with Crippen LogP contribution in [-0.4, -0.2) is 98.5 Å². The molecule has 0 bridgehead atoms. The third-order valence-corrected chi connectivity index (χ3v) is 7.15. The second-order valence-electron chi connectivity index (χ2n) is 10.1. The number of nitrogens with one attached hydrogen (secondary N) is 2. The number of carbonyl (C=O) groups is 3. The number of rotatable bonds is 12. The van der Waals surface area contributed by atoms with Crippen molar-refractivity contribution in [3.63, 3.8) is 0 Å². The molecule has 3 rings (SSSR count). The molecule has 1 saturated heterocycles. The Morgan fingerprint density at radius 3 is 2.32 bits per heavy atom. The van der Waals surface area contributed by atoms with Gasteiger partial charge < -0.3 is 35.0 Å². The van der Waals surface area contributed by atoms with Gasteiger partial charge in [0.15, 0.2) is 5.82 Å². The highest BCUT2D eigenvalue weighted by Crippen LogP contribution is 2.35. The number of unbranched alkanes of at least 4 members (excludes halogenated alkanes) is 1. The maximum Gasteiger partial charge on any atom is 0.409 e. The SMILES string of the molecule is CCCCOC(=O)N1CCN(C(=O)[C@H](CCP(=O)(O)O)NC(=O)c2cc(NC(C)C)nc(-c3ccccc3)n2)CC1. The molecular weight excluding hydrogens is 551 g/mol. The average Bonchev–Trinajstić information content (AvgIpc) is 2.94. The second kappa shape index (κ2) is 14.9. The van der Waals surface area contributed by atoms with Crippen molar-refractivity contribution in [1.82, 2.24) is 25.1 Å². The van der Waals surface area contributed by atoms with E-state index in [-0.39, 0.29) is 44.3 Å². The van der Waals surface area contributed by atoms with Crippen LogP contribution in [0, 0.1) is 0 Å². The molecule has 14 heteroatoms. The summed E-state index contributed by atoms with van der Waals surface area (Å²) < 4.78 is 16.9. The first-order valence-electron chi connectivity index (χ1n) is 13.7. The van der Waals surface area contributed by atoms with Crippen molar-refractivity contribution < 1.29 is 33.5 Å². The first-order chi connectivity index (χ1) is 19.5. The molecule has 1 aliphatic rings. The van der Waals surface area contributed by atoms with E-state index in [9.17, 15) is 28.7 Å². The van der Waals surface area contributed by atoms with E-state index in [1.165, 1.54) is 15.9 Å². The number of ether oxygens (including phenoxy) is 1. The van der Waals surface area contributed by atoms with Crippen molar-refractivity contribution >= 4 is 31.3 Å². The van der Waals surface area contributed by atoms with Crippen molar-refractivity contribution in [2.75, 3.05) is 44.3 Å². The molecule has 1 aromatic heterocycles. The number of amides is 3. The molecule has 0 aliphatic carbocycles. The summed E-state index contributed by atoms with van der Waals surface area (Å²) in [5, 5.41) is 5.79. The fourth-order valence-corrected chi connectivity index (χ4v) is 4.76. The minimum atomic E-state index is -4.45. The largest absolute Gasteiger partial charge is 0.449 e. The Bertz CT molecular complexity index is 1230. The lowest BCUT2D eigenvalue weighted by atomic mass is 10.1. The summed E-state index contributed by atoms with van der Waals surface area (Å²) in [5.74, 6) is -0.456. The summed E-state index contributed by atoms with van der Waals surface area (Å²) in [6, 6.07) is 9.38. The van der Waals surface area contributed by atoms with Crippen LogP contribution in [0.3, 0.4) is 0 Å². The molecule has 4 N–H and O–H groups in total. The zero-order valence-electron chi connectivity index (χ0n) is 23.7. The van der Waals surface area contributed by atoms with E-state index >= 15 is 0 Å². The van der Waals surface area contributed by atoms with E-state index < -0.39 is 37.7 Å². The molecule has 1 atom stereocenters. The van der Waals surface area contributed by atoms with Crippen molar-refractivity contribution in [1.29, 1.82) is 0 Å². The molecule has 0 radical (unpaired) electrons. The topological polar surface area (TPSA) is 174 Å². The Hall–Kier alpha value is -3.54. The number of carbonyl (C=O) groups excluding carboxylic acids is 3. The van der Waals surface area contributed by atoms with Gasteiger partial charge in [-0.05, 0) is 26.7 Å². The van der Waals surface area contributed by atoms with Crippen LogP contribution >= 0.6 is 7.60 Å². The van der Waals surface area contributed by atoms with Gasteiger partial charge in [0.05, 0.1) is 12.8 Å². The van der Waals surface area contributed by atoms with Crippen LogP contribution in [0.5, 0.6) is 0 Å². The first-order valence-corrected chi connectivity index (χ1v) is 15.5. The third-order valence-electron chi connectivity index (χ3n) is 6.31. The van der Waals surface area contributed by atoms with Gasteiger partial charge in [0.2, 0.25) is 5.91 Å². The van der Waals surface area contributed by atoms with Crippen LogP contribution in [0.25, 0.3) is 11.4 Å². The third kappa shape index (κ3) is 10.1. The zero-order chi connectivity index (χ0) is 30.0. The lowest BCUT2D eigenvalue weighted by molar-refractivity contribution is -0.134. The minimum absolute atomic E-state index is 0.00405. The Balaban J connectivity index is 1.77. The van der Waals surface area contributed by atoms with Gasteiger partial charge in [-0.3, -0.25) is 14.2 Å². The first kappa shape index (κ1) is 32.0. The second-order valence-corrected chi connectivity index (χ2v) is 11.9. The van der Waals surface area contributed by atoms with E-state index in [2.05, 4.69) is 20.6 Å². The molecule has 0 saturated carbocycles. The molecule has 0 unspecified atom stereocenters. The van der Waals surface area contributed by atoms with E-state index in [1.54, 1.807) is 0 Å². The van der Waals surface area contributed by atoms with Crippen LogP contribution in [0.4, 0.5) is 10.6 Å². The van der Waals surface area contributed by atoms with Gasteiger partial charge in [0, 0.05) is 43.9 Å². The Morgan fingerprint density at radius 1 is 1.05 bits per heavy atom. The predicted molar refractivity (Wildman–Crippen MR) is 153 cm³/mol. The molecular formula is C27H39N6O7P. The average molecular weight is 591 g/mol. The fraction of sp³-hybridized carbons (Fsp3) is 0.519. The van der Waals surface area contributed by atoms with Gasteiger partial charge in [-0.2, -0.15) is 0 Å². The summed E-state index contributed by atoms with van der Waals surface area (Å²) in [6.07, 6.45) is 0.351. The Labute approximate surface area is 239 Å². The number of anilines is 1. The van der Waals surface area contributed by atoms with Crippen molar-refractivity contribution in [2.45, 2.75) is 52.1 Å². The molecule has 2 aromatic rings. The number of hydrogen-bond acceptors (Lipinski definition) is 8. The van der Waals surface area contributed by atoms with Crippen molar-refractivity contribution in [3.8, 4) is 11.4 Å². The molecule has 224 valence electrons. The van der Waals surface area contributed by atoms with Gasteiger partial charge in [-0.25, -0.2) is 14.8 Å². The zero-order valence-corrected chi connectivity index (χ0v) is 24.5. The highest BCUT2D eigenvalue weighted by Gasteiger charge is 2.32. The summed E-state index contributed by atoms with van der Waals surface area (Å²) in [6.45, 7) is 7.04. The number of aromatic nitrogens is 2. The van der Waals surface area contributed by atoms with Gasteiger partial charge >= 0.3 is 13.7 Å². The van der Waals surface area contributed by atoms with Crippen LogP contribution in [0.15, 0.2) is 36.4 Å². The lowest BCUT2D eigenvalue weighted by Crippen LogP contribution is -2.56. The van der Waals surface area contributed by atoms with Crippen molar-refractivity contribution in [2.24, 2.45) is 0 Å². The van der Waals surface area contributed by atoms with Crippen LogP contribution < -0.4 is 10.6 Å². The van der Waals surface area contributed by atoms with Crippen molar-refractivity contribution in [3.05, 3.63) is 42.1 Å². The molecule has 2 heterocycles. The predicted octanol–water partition coefficient (Wildman–Crippen LogP) is 2.71. The fourth-order valence-electron chi connectivity index (χ4n) is 4.16. The molecule has 13 nitrogen and oxygen atoms in total. The number of hydrogen-bond donors (Lipinski definition) is 4. The van der Waals surface area contributed by atoms with Gasteiger partial charge in [-0.15, -0.1) is 0 Å². The van der Waals surface area contributed by atoms with Crippen LogP contribution in [0.1, 0.15) is 50.5 Å². The summed E-state index contributed by atoms with van der Waals surface area (Å²) >= 11 is 0. The molecule has 1 aliphatic heterocycles. The highest BCUT2D eigenvalue weighted by molar-refractivity contribution is 7.51. The van der Waals surface area contributed by atoms with Gasteiger partial charge in [0.1, 0.15) is 17.6 Å². The minimum Gasteiger partial charge on any atom is -0.449 e. The van der Waals surface area contributed by atoms with Crippen LogP contribution in [-0.2, 0) is 14.1 Å². The quantitative estimate of drug-likeness (QED) is 0.213. The standard InChI is InChI=1S/C27H39N6O7P/c1-4-5-16-40-27(36)33-14-12-32(13-15-33)26(35)21(11-17-41(37,38)39)30-25(34)22-18-23(28-19(2)3)31-24(29-22)20-9-7-6-8-10-20/h6-10,18-19,21H,4-5,11-17H2,1-3H3,(H,30,34)(H,28,29,31)(H2,37,38,39)/t21-/m0/s1. The smallest absolute Gasteiger partial charge is 0.409 e. The van der Waals surface area contributed by atoms with E-state index in [0.29, 0.717) is 23.8 Å². The normalized spacial score (nSPS) is 14.5. The molecule has 41 heavy (non-hydrogen) atoms. The highest BCUT2D eigenvalue weighted by atomic mass is 31.2. The lowest BCUT2D eigenvalue weighted by Gasteiger charge is -2.36. The number of nitrogens with zero attached hydrogens (tertiary/aromatic N) is 4. The number of piperazine rings is 1. The summed E-state index contributed by atoms with van der Waals surface area (Å²) in [7, 11) is -4.45. The van der Waals surface area contributed by atoms with E-state index in [1.807, 2.05) is 51.1 Å². The molecule has 1 aromatic carbocycles. The maximum atomic E-state index is 13.4. The van der Waals surface area contributed by atoms with E-state index in [0.717, 1.165) is 12.8 Å². The molecule has 0 spiro atoms. The Kier molecular flexibility index (Phi) is 11.6. The number of benzene rings is 1. The molecule has 1 fully saturated rings. The summed E-state index contributed by atoms with van der Waals surface area (Å²) in [5.41, 5.74) is 0.685. The van der Waals surface area contributed by atoms with Gasteiger partial charge in [-0.1, -0.05) is 43.7 Å². The molecule has 3 amide bonds. The maximum absolute atomic E-state index is 13.4.